The summed E-state index contributed by atoms with van der Waals surface area (Å²) >= 11 is 0. The van der Waals surface area contributed by atoms with Crippen LogP contribution < -0.4 is 0 Å². The maximum atomic E-state index is 9.86. The number of unbranched alkanes of at least 4 members (excludes halogenated alkanes) is 3. The van der Waals surface area contributed by atoms with E-state index in [0.717, 1.165) is 38.7 Å². The molecular weight excluding hydrogens is 200 g/mol. The van der Waals surface area contributed by atoms with Crippen molar-refractivity contribution in [1.29, 1.82) is 0 Å². The van der Waals surface area contributed by atoms with Crippen LogP contribution in [0, 0.1) is 0 Å². The summed E-state index contributed by atoms with van der Waals surface area (Å²) in [5, 5.41) is 9.86. The third-order valence-corrected chi connectivity index (χ3v) is 3.25. The van der Waals surface area contributed by atoms with E-state index >= 15 is 0 Å². The van der Waals surface area contributed by atoms with E-state index < -0.39 is 0 Å². The van der Waals surface area contributed by atoms with Crippen LogP contribution in [-0.2, 0) is 4.74 Å². The Kier molecular flexibility index (Phi) is 7.52. The molecule has 0 radical (unpaired) electrons. The molecule has 1 N–H and O–H groups in total. The van der Waals surface area contributed by atoms with Gasteiger partial charge >= 0.3 is 0 Å². The van der Waals surface area contributed by atoms with Gasteiger partial charge < -0.3 is 9.84 Å². The lowest BCUT2D eigenvalue weighted by Gasteiger charge is -2.24. The Labute approximate surface area is 99.7 Å². The van der Waals surface area contributed by atoms with Gasteiger partial charge in [0.25, 0.3) is 0 Å². The van der Waals surface area contributed by atoms with Gasteiger partial charge in [0.2, 0.25) is 0 Å². The molecule has 1 heterocycles. The van der Waals surface area contributed by atoms with Crippen molar-refractivity contribution in [1.82, 2.24) is 0 Å². The summed E-state index contributed by atoms with van der Waals surface area (Å²) in [6.45, 7) is 4.59. The SMILES string of the molecule is C=CCCCCCC(O)CC1CCCCO1. The van der Waals surface area contributed by atoms with Crippen molar-refractivity contribution < 1.29 is 9.84 Å². The van der Waals surface area contributed by atoms with Crippen LogP contribution in [0.2, 0.25) is 0 Å². The van der Waals surface area contributed by atoms with Gasteiger partial charge in [-0.15, -0.1) is 6.58 Å². The first-order valence-corrected chi connectivity index (χ1v) is 6.73. The molecule has 94 valence electrons. The molecule has 1 aliphatic rings. The molecule has 1 fully saturated rings. The lowest BCUT2D eigenvalue weighted by molar-refractivity contribution is -0.0167. The predicted molar refractivity (Wildman–Crippen MR) is 67.5 cm³/mol. The zero-order valence-corrected chi connectivity index (χ0v) is 10.4. The molecule has 0 aliphatic carbocycles. The first kappa shape index (κ1) is 13.7. The van der Waals surface area contributed by atoms with E-state index in [2.05, 4.69) is 6.58 Å². The average molecular weight is 226 g/mol. The standard InChI is InChI=1S/C14H26O2/c1-2-3-4-5-6-9-13(15)12-14-10-7-8-11-16-14/h2,13-15H,1,3-12H2. The van der Waals surface area contributed by atoms with E-state index in [0.29, 0.717) is 6.10 Å². The van der Waals surface area contributed by atoms with Crippen molar-refractivity contribution in [3.63, 3.8) is 0 Å². The summed E-state index contributed by atoms with van der Waals surface area (Å²) in [4.78, 5) is 0. The Morgan fingerprint density at radius 1 is 1.31 bits per heavy atom. The molecule has 0 spiro atoms. The lowest BCUT2D eigenvalue weighted by atomic mass is 10.00. The fourth-order valence-electron chi connectivity index (χ4n) is 2.26. The van der Waals surface area contributed by atoms with Gasteiger partial charge in [-0.05, 0) is 44.9 Å². The summed E-state index contributed by atoms with van der Waals surface area (Å²) in [5.41, 5.74) is 0. The Bertz CT molecular complexity index is 174. The van der Waals surface area contributed by atoms with Crippen molar-refractivity contribution in [2.24, 2.45) is 0 Å². The lowest BCUT2D eigenvalue weighted by Crippen LogP contribution is -2.24. The van der Waals surface area contributed by atoms with Crippen LogP contribution >= 0.6 is 0 Å². The quantitative estimate of drug-likeness (QED) is 0.507. The van der Waals surface area contributed by atoms with Crippen LogP contribution in [0.3, 0.4) is 0 Å². The summed E-state index contributed by atoms with van der Waals surface area (Å²) in [6.07, 6.45) is 12.1. The minimum atomic E-state index is -0.160. The van der Waals surface area contributed by atoms with E-state index in [4.69, 9.17) is 4.74 Å². The summed E-state index contributed by atoms with van der Waals surface area (Å²) in [5.74, 6) is 0. The van der Waals surface area contributed by atoms with E-state index in [1.165, 1.54) is 25.7 Å². The number of allylic oxidation sites excluding steroid dienone is 1. The molecule has 2 unspecified atom stereocenters. The highest BCUT2D eigenvalue weighted by molar-refractivity contribution is 4.69. The molecule has 16 heavy (non-hydrogen) atoms. The summed E-state index contributed by atoms with van der Waals surface area (Å²) in [7, 11) is 0. The van der Waals surface area contributed by atoms with Gasteiger partial charge in [0.1, 0.15) is 0 Å². The van der Waals surface area contributed by atoms with Crippen molar-refractivity contribution in [2.75, 3.05) is 6.61 Å². The number of rotatable bonds is 8. The van der Waals surface area contributed by atoms with Crippen molar-refractivity contribution in [3.8, 4) is 0 Å². The molecule has 1 rings (SSSR count). The van der Waals surface area contributed by atoms with E-state index in [1.807, 2.05) is 6.08 Å². The van der Waals surface area contributed by atoms with Crippen LogP contribution in [0.1, 0.15) is 57.8 Å². The van der Waals surface area contributed by atoms with Crippen LogP contribution in [-0.4, -0.2) is 23.9 Å². The van der Waals surface area contributed by atoms with Gasteiger partial charge in [0.05, 0.1) is 12.2 Å². The average Bonchev–Trinajstić information content (AvgIpc) is 2.30. The van der Waals surface area contributed by atoms with Gasteiger partial charge in [-0.2, -0.15) is 0 Å². The molecule has 1 aliphatic heterocycles. The van der Waals surface area contributed by atoms with Crippen LogP contribution in [0.5, 0.6) is 0 Å². The fourth-order valence-corrected chi connectivity index (χ4v) is 2.26. The van der Waals surface area contributed by atoms with E-state index in [-0.39, 0.29) is 6.10 Å². The van der Waals surface area contributed by atoms with Gasteiger partial charge in [-0.1, -0.05) is 18.9 Å². The highest BCUT2D eigenvalue weighted by Crippen LogP contribution is 2.19. The van der Waals surface area contributed by atoms with Crippen molar-refractivity contribution >= 4 is 0 Å². The van der Waals surface area contributed by atoms with Crippen molar-refractivity contribution in [2.45, 2.75) is 70.0 Å². The molecule has 0 aromatic carbocycles. The maximum Gasteiger partial charge on any atom is 0.0599 e. The third-order valence-electron chi connectivity index (χ3n) is 3.25. The topological polar surface area (TPSA) is 29.5 Å². The minimum absolute atomic E-state index is 0.160. The monoisotopic (exact) mass is 226 g/mol. The Hall–Kier alpha value is -0.340. The molecule has 2 atom stereocenters. The van der Waals surface area contributed by atoms with Gasteiger partial charge in [0, 0.05) is 6.61 Å². The Balaban J connectivity index is 1.96. The molecule has 2 heteroatoms. The maximum absolute atomic E-state index is 9.86. The highest BCUT2D eigenvalue weighted by Gasteiger charge is 2.17. The second kappa shape index (κ2) is 8.77. The van der Waals surface area contributed by atoms with E-state index in [9.17, 15) is 5.11 Å². The second-order valence-corrected chi connectivity index (χ2v) is 4.80. The zero-order chi connectivity index (χ0) is 11.6. The zero-order valence-electron chi connectivity index (χ0n) is 10.4. The first-order valence-electron chi connectivity index (χ1n) is 6.73. The van der Waals surface area contributed by atoms with Gasteiger partial charge in [-0.25, -0.2) is 0 Å². The number of hydrogen-bond donors (Lipinski definition) is 1. The molecule has 1 saturated heterocycles. The van der Waals surface area contributed by atoms with Crippen molar-refractivity contribution in [3.05, 3.63) is 12.7 Å². The summed E-state index contributed by atoms with van der Waals surface area (Å²) in [6, 6.07) is 0. The van der Waals surface area contributed by atoms with Crippen LogP contribution in [0.15, 0.2) is 12.7 Å². The molecule has 0 aromatic rings. The number of aliphatic hydroxyl groups excluding tert-OH is 1. The normalized spacial score (nSPS) is 22.9. The number of ether oxygens (including phenoxy) is 1. The largest absolute Gasteiger partial charge is 0.393 e. The van der Waals surface area contributed by atoms with Gasteiger partial charge in [-0.3, -0.25) is 0 Å². The molecule has 0 bridgehead atoms. The molecule has 0 amide bonds. The Morgan fingerprint density at radius 3 is 2.88 bits per heavy atom. The number of hydrogen-bond acceptors (Lipinski definition) is 2. The van der Waals surface area contributed by atoms with E-state index in [1.54, 1.807) is 0 Å². The van der Waals surface area contributed by atoms with Crippen LogP contribution in [0.4, 0.5) is 0 Å². The van der Waals surface area contributed by atoms with Crippen LogP contribution in [0.25, 0.3) is 0 Å². The minimum Gasteiger partial charge on any atom is -0.393 e. The fraction of sp³-hybridized carbons (Fsp3) is 0.857. The predicted octanol–water partition coefficient (Wildman–Crippen LogP) is 3.44. The third kappa shape index (κ3) is 6.29. The second-order valence-electron chi connectivity index (χ2n) is 4.80. The highest BCUT2D eigenvalue weighted by atomic mass is 16.5. The first-order chi connectivity index (χ1) is 7.83. The van der Waals surface area contributed by atoms with Gasteiger partial charge in [0.15, 0.2) is 0 Å². The molecule has 0 saturated carbocycles. The molecule has 0 aromatic heterocycles. The smallest absolute Gasteiger partial charge is 0.0599 e. The Morgan fingerprint density at radius 2 is 2.19 bits per heavy atom. The summed E-state index contributed by atoms with van der Waals surface area (Å²) < 4.78 is 5.62. The molecule has 2 nitrogen and oxygen atoms in total. The number of aliphatic hydroxyl groups is 1. The molecular formula is C14H26O2.